The van der Waals surface area contributed by atoms with Gasteiger partial charge in [0.15, 0.2) is 5.84 Å². The first-order valence-corrected chi connectivity index (χ1v) is 5.33. The van der Waals surface area contributed by atoms with Crippen LogP contribution in [0, 0.1) is 6.92 Å². The van der Waals surface area contributed by atoms with Crippen molar-refractivity contribution < 1.29 is 9.94 Å². The molecule has 1 unspecified atom stereocenters. The Morgan fingerprint density at radius 3 is 2.81 bits per heavy atom. The van der Waals surface area contributed by atoms with Crippen molar-refractivity contribution in [2.45, 2.75) is 33.3 Å². The Morgan fingerprint density at radius 1 is 1.56 bits per heavy atom. The predicted octanol–water partition coefficient (Wildman–Crippen LogP) is 2.27. The Morgan fingerprint density at radius 2 is 2.25 bits per heavy atom. The standard InChI is InChI=1S/C12H18N2O2/c1-4-9(3)16-11-6-5-8(2)7-10(11)12(13)14-15/h5-7,9,15H,4H2,1-3H3,(H2,13,14). The van der Waals surface area contributed by atoms with Gasteiger partial charge in [-0.15, -0.1) is 0 Å². The van der Waals surface area contributed by atoms with Crippen molar-refractivity contribution in [2.24, 2.45) is 10.9 Å². The van der Waals surface area contributed by atoms with Gasteiger partial charge in [-0.25, -0.2) is 0 Å². The van der Waals surface area contributed by atoms with Gasteiger partial charge in [0.2, 0.25) is 0 Å². The van der Waals surface area contributed by atoms with Crippen molar-refractivity contribution >= 4 is 5.84 Å². The summed E-state index contributed by atoms with van der Waals surface area (Å²) in [4.78, 5) is 0. The van der Waals surface area contributed by atoms with Crippen molar-refractivity contribution in [1.82, 2.24) is 0 Å². The highest BCUT2D eigenvalue weighted by molar-refractivity contribution is 5.99. The highest BCUT2D eigenvalue weighted by Crippen LogP contribution is 2.21. The van der Waals surface area contributed by atoms with Gasteiger partial charge in [-0.3, -0.25) is 0 Å². The summed E-state index contributed by atoms with van der Waals surface area (Å²) in [6.45, 7) is 5.97. The van der Waals surface area contributed by atoms with E-state index in [1.165, 1.54) is 0 Å². The second kappa shape index (κ2) is 5.39. The highest BCUT2D eigenvalue weighted by Gasteiger charge is 2.10. The number of amidine groups is 1. The minimum absolute atomic E-state index is 0.0713. The molecule has 0 fully saturated rings. The van der Waals surface area contributed by atoms with E-state index in [1.54, 1.807) is 0 Å². The van der Waals surface area contributed by atoms with Crippen molar-refractivity contribution in [2.75, 3.05) is 0 Å². The number of hydrogen-bond acceptors (Lipinski definition) is 3. The second-order valence-electron chi connectivity index (χ2n) is 3.82. The lowest BCUT2D eigenvalue weighted by molar-refractivity contribution is 0.217. The van der Waals surface area contributed by atoms with Gasteiger partial charge in [0, 0.05) is 0 Å². The van der Waals surface area contributed by atoms with Crippen LogP contribution in [-0.2, 0) is 0 Å². The van der Waals surface area contributed by atoms with Crippen LogP contribution in [0.5, 0.6) is 5.75 Å². The number of rotatable bonds is 4. The van der Waals surface area contributed by atoms with Gasteiger partial charge in [0.05, 0.1) is 11.7 Å². The molecule has 4 heteroatoms. The van der Waals surface area contributed by atoms with E-state index in [1.807, 2.05) is 39.0 Å². The fourth-order valence-electron chi connectivity index (χ4n) is 1.30. The molecule has 0 heterocycles. The third kappa shape index (κ3) is 2.89. The zero-order chi connectivity index (χ0) is 12.1. The molecule has 1 aromatic carbocycles. The summed E-state index contributed by atoms with van der Waals surface area (Å²) < 4.78 is 5.70. The molecule has 0 aliphatic carbocycles. The molecule has 88 valence electrons. The van der Waals surface area contributed by atoms with Crippen LogP contribution in [0.15, 0.2) is 23.4 Å². The maximum Gasteiger partial charge on any atom is 0.173 e. The number of ether oxygens (including phenoxy) is 1. The van der Waals surface area contributed by atoms with Gasteiger partial charge in [-0.05, 0) is 32.4 Å². The molecular weight excluding hydrogens is 204 g/mol. The van der Waals surface area contributed by atoms with Crippen LogP contribution >= 0.6 is 0 Å². The van der Waals surface area contributed by atoms with Crippen LogP contribution in [0.25, 0.3) is 0 Å². The molecular formula is C12H18N2O2. The van der Waals surface area contributed by atoms with E-state index in [-0.39, 0.29) is 11.9 Å². The van der Waals surface area contributed by atoms with Crippen LogP contribution in [0.3, 0.4) is 0 Å². The summed E-state index contributed by atoms with van der Waals surface area (Å²) in [6, 6.07) is 5.62. The van der Waals surface area contributed by atoms with Gasteiger partial charge in [-0.2, -0.15) is 0 Å². The molecule has 1 aromatic rings. The molecule has 1 rings (SSSR count). The van der Waals surface area contributed by atoms with Gasteiger partial charge in [0.25, 0.3) is 0 Å². The summed E-state index contributed by atoms with van der Waals surface area (Å²) in [5.74, 6) is 0.720. The number of nitrogens with two attached hydrogens (primary N) is 1. The summed E-state index contributed by atoms with van der Waals surface area (Å²) in [7, 11) is 0. The van der Waals surface area contributed by atoms with Gasteiger partial charge in [0.1, 0.15) is 5.75 Å². The summed E-state index contributed by atoms with van der Waals surface area (Å²) in [5, 5.41) is 11.7. The quantitative estimate of drug-likeness (QED) is 0.355. The van der Waals surface area contributed by atoms with Crippen LogP contribution < -0.4 is 10.5 Å². The van der Waals surface area contributed by atoms with Crippen LogP contribution in [0.4, 0.5) is 0 Å². The molecule has 0 saturated heterocycles. The summed E-state index contributed by atoms with van der Waals surface area (Å²) in [5.41, 5.74) is 7.27. The van der Waals surface area contributed by atoms with Crippen LogP contribution in [0.2, 0.25) is 0 Å². The van der Waals surface area contributed by atoms with E-state index in [0.717, 1.165) is 12.0 Å². The third-order valence-corrected chi connectivity index (χ3v) is 2.42. The summed E-state index contributed by atoms with van der Waals surface area (Å²) in [6.07, 6.45) is 1.01. The minimum Gasteiger partial charge on any atom is -0.490 e. The molecule has 0 amide bonds. The molecule has 0 aliphatic rings. The van der Waals surface area contributed by atoms with Gasteiger partial charge >= 0.3 is 0 Å². The van der Waals surface area contributed by atoms with E-state index < -0.39 is 0 Å². The van der Waals surface area contributed by atoms with Crippen molar-refractivity contribution in [3.63, 3.8) is 0 Å². The molecule has 1 atom stereocenters. The predicted molar refractivity (Wildman–Crippen MR) is 64.1 cm³/mol. The number of benzene rings is 1. The lowest BCUT2D eigenvalue weighted by Gasteiger charge is -2.16. The normalized spacial score (nSPS) is 13.6. The number of oxime groups is 1. The third-order valence-electron chi connectivity index (χ3n) is 2.42. The average Bonchev–Trinajstić information content (AvgIpc) is 2.30. The first-order valence-electron chi connectivity index (χ1n) is 5.33. The van der Waals surface area contributed by atoms with Crippen LogP contribution in [-0.4, -0.2) is 17.1 Å². The highest BCUT2D eigenvalue weighted by atomic mass is 16.5. The van der Waals surface area contributed by atoms with Crippen molar-refractivity contribution in [3.8, 4) is 5.75 Å². The van der Waals surface area contributed by atoms with Gasteiger partial charge in [-0.1, -0.05) is 23.7 Å². The fourth-order valence-corrected chi connectivity index (χ4v) is 1.30. The van der Waals surface area contributed by atoms with E-state index in [9.17, 15) is 0 Å². The lowest BCUT2D eigenvalue weighted by atomic mass is 10.1. The Balaban J connectivity index is 3.08. The zero-order valence-electron chi connectivity index (χ0n) is 9.90. The van der Waals surface area contributed by atoms with Crippen LogP contribution in [0.1, 0.15) is 31.4 Å². The molecule has 3 N–H and O–H groups in total. The maximum atomic E-state index is 8.70. The SMILES string of the molecule is CCC(C)Oc1ccc(C)cc1/C(N)=N/O. The van der Waals surface area contributed by atoms with Crippen molar-refractivity contribution in [3.05, 3.63) is 29.3 Å². The topological polar surface area (TPSA) is 67.8 Å². The number of hydrogen-bond donors (Lipinski definition) is 2. The molecule has 0 aliphatic heterocycles. The largest absolute Gasteiger partial charge is 0.490 e. The van der Waals surface area contributed by atoms with E-state index >= 15 is 0 Å². The van der Waals surface area contributed by atoms with E-state index in [2.05, 4.69) is 5.16 Å². The van der Waals surface area contributed by atoms with E-state index in [0.29, 0.717) is 11.3 Å². The van der Waals surface area contributed by atoms with Gasteiger partial charge < -0.3 is 15.7 Å². The Bertz CT molecular complexity index is 389. The molecule has 0 spiro atoms. The second-order valence-corrected chi connectivity index (χ2v) is 3.82. The Hall–Kier alpha value is -1.71. The van der Waals surface area contributed by atoms with Crippen molar-refractivity contribution in [1.29, 1.82) is 0 Å². The Kier molecular flexibility index (Phi) is 4.17. The lowest BCUT2D eigenvalue weighted by Crippen LogP contribution is -2.18. The number of nitrogens with zero attached hydrogens (tertiary/aromatic N) is 1. The average molecular weight is 222 g/mol. The van der Waals surface area contributed by atoms with E-state index in [4.69, 9.17) is 15.7 Å². The Labute approximate surface area is 95.7 Å². The first-order chi connectivity index (χ1) is 7.58. The molecule has 0 saturated carbocycles. The molecule has 16 heavy (non-hydrogen) atoms. The smallest absolute Gasteiger partial charge is 0.173 e. The molecule has 4 nitrogen and oxygen atoms in total. The molecule has 0 aromatic heterocycles. The first kappa shape index (κ1) is 12.4. The monoisotopic (exact) mass is 222 g/mol. The molecule has 0 bridgehead atoms. The zero-order valence-corrected chi connectivity index (χ0v) is 9.90. The minimum atomic E-state index is 0.0713. The summed E-state index contributed by atoms with van der Waals surface area (Å²) >= 11 is 0. The fraction of sp³-hybridized carbons (Fsp3) is 0.417. The molecule has 0 radical (unpaired) electrons. The number of aryl methyl sites for hydroxylation is 1. The maximum absolute atomic E-state index is 8.70.